The monoisotopic (exact) mass is 417 g/mol. The molecule has 2 aromatic carbocycles. The Hall–Kier alpha value is -4.40. The van der Waals surface area contributed by atoms with Crippen LogP contribution in [-0.2, 0) is 6.54 Å². The lowest BCUT2D eigenvalue weighted by Crippen LogP contribution is -2.25. The number of hydrogen-bond acceptors (Lipinski definition) is 5. The highest BCUT2D eigenvalue weighted by Gasteiger charge is 2.19. The zero-order valence-electron chi connectivity index (χ0n) is 16.1. The number of pyridine rings is 1. The minimum Gasteiger partial charge on any atom is -0.345 e. The molecule has 4 aromatic rings. The van der Waals surface area contributed by atoms with Gasteiger partial charge in [0, 0.05) is 23.9 Å². The minimum absolute atomic E-state index is 0.129. The number of rotatable bonds is 6. The number of carbonyl (C=O) groups excluding carboxylic acids is 1. The van der Waals surface area contributed by atoms with Crippen LogP contribution in [0, 0.1) is 15.9 Å². The normalized spacial score (nSPS) is 10.6. The van der Waals surface area contributed by atoms with Gasteiger partial charge in [0.25, 0.3) is 11.6 Å². The van der Waals surface area contributed by atoms with Gasteiger partial charge in [-0.1, -0.05) is 12.1 Å². The summed E-state index contributed by atoms with van der Waals surface area (Å²) in [7, 11) is 0. The maximum absolute atomic E-state index is 13.3. The number of non-ortho nitro benzene ring substituents is 1. The van der Waals surface area contributed by atoms with Crippen LogP contribution in [0.15, 0.2) is 79.0 Å². The fourth-order valence-electron chi connectivity index (χ4n) is 3.00. The second-order valence-corrected chi connectivity index (χ2v) is 6.61. The number of aromatic nitrogens is 3. The van der Waals surface area contributed by atoms with Crippen LogP contribution in [0.25, 0.3) is 16.9 Å². The molecule has 154 valence electrons. The number of carbonyl (C=O) groups is 1. The average molecular weight is 417 g/mol. The number of nitro groups is 1. The molecule has 0 unspecified atom stereocenters. The molecule has 1 N–H and O–H groups in total. The first-order valence-corrected chi connectivity index (χ1v) is 9.30. The number of benzene rings is 2. The molecule has 0 bridgehead atoms. The molecule has 0 saturated heterocycles. The largest absolute Gasteiger partial charge is 0.345 e. The maximum atomic E-state index is 13.3. The average Bonchev–Trinajstić information content (AvgIpc) is 3.24. The lowest BCUT2D eigenvalue weighted by molar-refractivity contribution is -0.384. The van der Waals surface area contributed by atoms with E-state index in [0.29, 0.717) is 22.6 Å². The van der Waals surface area contributed by atoms with E-state index >= 15 is 0 Å². The fraction of sp³-hybridized carbons (Fsp3) is 0.0455. The quantitative estimate of drug-likeness (QED) is 0.378. The van der Waals surface area contributed by atoms with Gasteiger partial charge < -0.3 is 5.32 Å². The van der Waals surface area contributed by atoms with Crippen LogP contribution in [0.5, 0.6) is 0 Å². The summed E-state index contributed by atoms with van der Waals surface area (Å²) in [6.45, 7) is 0.200. The van der Waals surface area contributed by atoms with E-state index in [-0.39, 0.29) is 17.9 Å². The number of amides is 1. The van der Waals surface area contributed by atoms with Gasteiger partial charge in [-0.05, 0) is 48.5 Å². The molecule has 0 aliphatic rings. The molecule has 0 aliphatic heterocycles. The Morgan fingerprint density at radius 1 is 1.06 bits per heavy atom. The van der Waals surface area contributed by atoms with Crippen molar-refractivity contribution in [2.45, 2.75) is 6.54 Å². The first-order chi connectivity index (χ1) is 15.0. The first kappa shape index (κ1) is 19.9. The van der Waals surface area contributed by atoms with Gasteiger partial charge in [0.2, 0.25) is 0 Å². The van der Waals surface area contributed by atoms with Crippen molar-refractivity contribution in [1.82, 2.24) is 20.1 Å². The van der Waals surface area contributed by atoms with E-state index in [2.05, 4.69) is 15.4 Å². The third-order valence-corrected chi connectivity index (χ3v) is 4.52. The molecule has 0 radical (unpaired) electrons. The van der Waals surface area contributed by atoms with Gasteiger partial charge in [-0.15, -0.1) is 0 Å². The molecule has 1 amide bonds. The van der Waals surface area contributed by atoms with Crippen LogP contribution >= 0.6 is 0 Å². The van der Waals surface area contributed by atoms with Crippen LogP contribution in [0.4, 0.5) is 10.1 Å². The van der Waals surface area contributed by atoms with Gasteiger partial charge in [-0.3, -0.25) is 19.9 Å². The number of nitro benzene ring substituents is 1. The SMILES string of the molecule is O=C(NCc1ccccn1)c1cc(-c2ccc(F)cc2)nn1-c1cccc([N+](=O)[O-])c1. The van der Waals surface area contributed by atoms with Crippen molar-refractivity contribution in [1.29, 1.82) is 0 Å². The number of nitrogens with zero attached hydrogens (tertiary/aromatic N) is 4. The molecule has 2 heterocycles. The molecule has 2 aromatic heterocycles. The standard InChI is InChI=1S/C22H16FN5O3/c23-16-9-7-15(8-10-16)20-13-21(22(29)25-14-17-4-1-2-11-24-17)27(26-20)18-5-3-6-19(12-18)28(30)31/h1-13H,14H2,(H,25,29). The first-order valence-electron chi connectivity index (χ1n) is 9.30. The van der Waals surface area contributed by atoms with Crippen molar-refractivity contribution < 1.29 is 14.1 Å². The van der Waals surface area contributed by atoms with E-state index in [1.165, 1.54) is 35.0 Å². The molecule has 9 heteroatoms. The highest BCUT2D eigenvalue weighted by atomic mass is 19.1. The van der Waals surface area contributed by atoms with Crippen LogP contribution in [0.2, 0.25) is 0 Å². The van der Waals surface area contributed by atoms with E-state index in [0.717, 1.165) is 0 Å². The molecule has 0 atom stereocenters. The van der Waals surface area contributed by atoms with E-state index < -0.39 is 16.6 Å². The van der Waals surface area contributed by atoms with Gasteiger partial charge in [-0.25, -0.2) is 9.07 Å². The predicted molar refractivity (Wildman–Crippen MR) is 111 cm³/mol. The summed E-state index contributed by atoms with van der Waals surface area (Å²) < 4.78 is 14.6. The zero-order valence-corrected chi connectivity index (χ0v) is 16.1. The maximum Gasteiger partial charge on any atom is 0.271 e. The Morgan fingerprint density at radius 2 is 1.87 bits per heavy atom. The topological polar surface area (TPSA) is 103 Å². The van der Waals surface area contributed by atoms with Gasteiger partial charge in [0.05, 0.1) is 28.5 Å². The van der Waals surface area contributed by atoms with Crippen molar-refractivity contribution >= 4 is 11.6 Å². The lowest BCUT2D eigenvalue weighted by atomic mass is 10.1. The molecule has 0 aliphatic carbocycles. The Morgan fingerprint density at radius 3 is 2.58 bits per heavy atom. The smallest absolute Gasteiger partial charge is 0.271 e. The molecule has 0 saturated carbocycles. The van der Waals surface area contributed by atoms with Gasteiger partial charge >= 0.3 is 0 Å². The second-order valence-electron chi connectivity index (χ2n) is 6.61. The van der Waals surface area contributed by atoms with Gasteiger partial charge in [0.1, 0.15) is 11.5 Å². The summed E-state index contributed by atoms with van der Waals surface area (Å²) in [5.41, 5.74) is 2.10. The summed E-state index contributed by atoms with van der Waals surface area (Å²) in [5, 5.41) is 18.4. The number of halogens is 1. The van der Waals surface area contributed by atoms with Crippen molar-refractivity contribution in [3.8, 4) is 16.9 Å². The van der Waals surface area contributed by atoms with Crippen molar-refractivity contribution in [2.75, 3.05) is 0 Å². The third-order valence-electron chi connectivity index (χ3n) is 4.52. The summed E-state index contributed by atoms with van der Waals surface area (Å²) in [5.74, 6) is -0.826. The lowest BCUT2D eigenvalue weighted by Gasteiger charge is -2.08. The summed E-state index contributed by atoms with van der Waals surface area (Å²) in [6, 6.07) is 18.4. The number of hydrogen-bond donors (Lipinski definition) is 1. The Labute approximate surface area is 176 Å². The van der Waals surface area contributed by atoms with Crippen molar-refractivity contribution in [2.24, 2.45) is 0 Å². The van der Waals surface area contributed by atoms with Crippen LogP contribution in [0.3, 0.4) is 0 Å². The summed E-state index contributed by atoms with van der Waals surface area (Å²) >= 11 is 0. The molecule has 31 heavy (non-hydrogen) atoms. The van der Waals surface area contributed by atoms with Crippen molar-refractivity contribution in [3.63, 3.8) is 0 Å². The van der Waals surface area contributed by atoms with E-state index in [1.54, 1.807) is 42.6 Å². The van der Waals surface area contributed by atoms with E-state index in [1.807, 2.05) is 6.07 Å². The van der Waals surface area contributed by atoms with Crippen molar-refractivity contribution in [3.05, 3.63) is 106 Å². The molecule has 0 fully saturated rings. The highest BCUT2D eigenvalue weighted by molar-refractivity contribution is 5.94. The van der Waals surface area contributed by atoms with E-state index in [4.69, 9.17) is 0 Å². The van der Waals surface area contributed by atoms with E-state index in [9.17, 15) is 19.3 Å². The Kier molecular flexibility index (Phi) is 5.48. The predicted octanol–water partition coefficient (Wildman–Crippen LogP) is 3.91. The van der Waals surface area contributed by atoms with Gasteiger partial charge in [0.15, 0.2) is 0 Å². The molecular weight excluding hydrogens is 401 g/mol. The highest BCUT2D eigenvalue weighted by Crippen LogP contribution is 2.24. The summed E-state index contributed by atoms with van der Waals surface area (Å²) in [4.78, 5) is 27.8. The van der Waals surface area contributed by atoms with Gasteiger partial charge in [-0.2, -0.15) is 5.10 Å². The molecule has 0 spiro atoms. The summed E-state index contributed by atoms with van der Waals surface area (Å²) in [6.07, 6.45) is 1.63. The van der Waals surface area contributed by atoms with Crippen LogP contribution in [-0.4, -0.2) is 25.6 Å². The molecule has 8 nitrogen and oxygen atoms in total. The Balaban J connectivity index is 1.73. The Bertz CT molecular complexity index is 1240. The fourth-order valence-corrected chi connectivity index (χ4v) is 3.00. The molecule has 4 rings (SSSR count). The van der Waals surface area contributed by atoms with Crippen LogP contribution in [0.1, 0.15) is 16.2 Å². The second kappa shape index (κ2) is 8.54. The van der Waals surface area contributed by atoms with Crippen LogP contribution < -0.4 is 5.32 Å². The third kappa shape index (κ3) is 4.45. The zero-order chi connectivity index (χ0) is 21.8. The number of nitrogens with one attached hydrogen (secondary N) is 1. The molecular formula is C22H16FN5O3. The minimum atomic E-state index is -0.519.